The van der Waals surface area contributed by atoms with Gasteiger partial charge in [0.05, 0.1) is 23.6 Å². The first kappa shape index (κ1) is 12.2. The van der Waals surface area contributed by atoms with Crippen LogP contribution in [0.1, 0.15) is 6.42 Å². The van der Waals surface area contributed by atoms with E-state index in [0.717, 1.165) is 0 Å². The van der Waals surface area contributed by atoms with Crippen molar-refractivity contribution in [1.29, 1.82) is 0 Å². The number of fused-ring (bicyclic) bond motifs is 1. The summed E-state index contributed by atoms with van der Waals surface area (Å²) < 4.78 is 5.38. The molecule has 0 aromatic heterocycles. The van der Waals surface area contributed by atoms with Crippen LogP contribution in [-0.4, -0.2) is 35.7 Å². The summed E-state index contributed by atoms with van der Waals surface area (Å²) in [5, 5.41) is 19.4. The number of hydrogen-bond donors (Lipinski definition) is 1. The Balaban J connectivity index is 2.25. The van der Waals surface area contributed by atoms with E-state index in [4.69, 9.17) is 9.84 Å². The van der Waals surface area contributed by atoms with Crippen LogP contribution in [-0.2, 0) is 4.79 Å². The Morgan fingerprint density at radius 2 is 2.33 bits per heavy atom. The number of non-ortho nitro benzene ring substituents is 1. The number of rotatable bonds is 4. The van der Waals surface area contributed by atoms with Gasteiger partial charge in [0.1, 0.15) is 12.4 Å². The molecule has 0 saturated heterocycles. The number of nitro groups is 1. The van der Waals surface area contributed by atoms with Gasteiger partial charge in [-0.2, -0.15) is 0 Å². The molecule has 0 atom stereocenters. The third-order valence-electron chi connectivity index (χ3n) is 2.71. The summed E-state index contributed by atoms with van der Waals surface area (Å²) in [4.78, 5) is 22.6. The van der Waals surface area contributed by atoms with Crippen molar-refractivity contribution in [3.8, 4) is 5.75 Å². The molecule has 0 amide bonds. The number of nitrogens with zero attached hydrogens (tertiary/aromatic N) is 2. The Kier molecular flexibility index (Phi) is 3.31. The van der Waals surface area contributed by atoms with Crippen LogP contribution >= 0.6 is 0 Å². The van der Waals surface area contributed by atoms with E-state index in [0.29, 0.717) is 31.1 Å². The van der Waals surface area contributed by atoms with E-state index in [-0.39, 0.29) is 12.1 Å². The van der Waals surface area contributed by atoms with Gasteiger partial charge in [-0.1, -0.05) is 0 Å². The summed E-state index contributed by atoms with van der Waals surface area (Å²) in [5.41, 5.74) is 0.552. The van der Waals surface area contributed by atoms with Crippen LogP contribution in [0.5, 0.6) is 5.75 Å². The summed E-state index contributed by atoms with van der Waals surface area (Å²) in [5.74, 6) is -0.342. The summed E-state index contributed by atoms with van der Waals surface area (Å²) in [6.45, 7) is 1.29. The number of ether oxygens (including phenoxy) is 1. The second-order valence-corrected chi connectivity index (χ2v) is 3.89. The molecule has 7 heteroatoms. The minimum atomic E-state index is -0.895. The lowest BCUT2D eigenvalue weighted by Gasteiger charge is -2.30. The van der Waals surface area contributed by atoms with E-state index in [1.165, 1.54) is 12.1 Å². The molecule has 7 nitrogen and oxygen atoms in total. The van der Waals surface area contributed by atoms with Crippen molar-refractivity contribution in [2.24, 2.45) is 0 Å². The van der Waals surface area contributed by atoms with Crippen LogP contribution < -0.4 is 9.64 Å². The molecular weight excluding hydrogens is 240 g/mol. The van der Waals surface area contributed by atoms with Crippen molar-refractivity contribution >= 4 is 17.3 Å². The topological polar surface area (TPSA) is 92.9 Å². The average molecular weight is 252 g/mol. The first-order chi connectivity index (χ1) is 8.58. The van der Waals surface area contributed by atoms with Crippen LogP contribution in [0.25, 0.3) is 0 Å². The number of aliphatic carboxylic acids is 1. The van der Waals surface area contributed by atoms with Crippen molar-refractivity contribution in [1.82, 2.24) is 0 Å². The van der Waals surface area contributed by atoms with E-state index in [9.17, 15) is 14.9 Å². The van der Waals surface area contributed by atoms with E-state index in [1.54, 1.807) is 11.0 Å². The summed E-state index contributed by atoms with van der Waals surface area (Å²) in [7, 11) is 0. The smallest absolute Gasteiger partial charge is 0.305 e. The highest BCUT2D eigenvalue weighted by atomic mass is 16.6. The van der Waals surface area contributed by atoms with Crippen LogP contribution in [0.15, 0.2) is 18.2 Å². The number of nitro benzene ring substituents is 1. The maximum absolute atomic E-state index is 10.7. The zero-order valence-electron chi connectivity index (χ0n) is 9.54. The molecule has 0 saturated carbocycles. The van der Waals surface area contributed by atoms with E-state index < -0.39 is 10.9 Å². The fourth-order valence-corrected chi connectivity index (χ4v) is 1.84. The zero-order chi connectivity index (χ0) is 13.1. The fourth-order valence-electron chi connectivity index (χ4n) is 1.84. The standard InChI is InChI=1S/C11H12N2O5/c14-11(15)3-4-12-5-6-18-10-2-1-8(13(16)17)7-9(10)12/h1-2,7H,3-6H2,(H,14,15). The molecule has 0 radical (unpaired) electrons. The highest BCUT2D eigenvalue weighted by Gasteiger charge is 2.21. The van der Waals surface area contributed by atoms with Crippen molar-refractivity contribution in [3.05, 3.63) is 28.3 Å². The van der Waals surface area contributed by atoms with Crippen molar-refractivity contribution in [3.63, 3.8) is 0 Å². The number of carbonyl (C=O) groups is 1. The second kappa shape index (κ2) is 4.91. The third kappa shape index (κ3) is 2.50. The minimum absolute atomic E-state index is 0.0118. The molecule has 1 N–H and O–H groups in total. The molecule has 1 heterocycles. The Bertz CT molecular complexity index is 488. The fraction of sp³-hybridized carbons (Fsp3) is 0.364. The molecular formula is C11H12N2O5. The van der Waals surface area contributed by atoms with Gasteiger partial charge in [0.2, 0.25) is 0 Å². The predicted octanol–water partition coefficient (Wildman–Crippen LogP) is 1.27. The monoisotopic (exact) mass is 252 g/mol. The summed E-state index contributed by atoms with van der Waals surface area (Å²) >= 11 is 0. The molecule has 1 aliphatic rings. The Morgan fingerprint density at radius 3 is 3.00 bits per heavy atom. The van der Waals surface area contributed by atoms with Gasteiger partial charge in [0, 0.05) is 18.7 Å². The first-order valence-corrected chi connectivity index (χ1v) is 5.46. The molecule has 96 valence electrons. The molecule has 0 fully saturated rings. The number of anilines is 1. The Labute approximate surface area is 103 Å². The van der Waals surface area contributed by atoms with Gasteiger partial charge in [-0.3, -0.25) is 14.9 Å². The van der Waals surface area contributed by atoms with E-state index >= 15 is 0 Å². The van der Waals surface area contributed by atoms with Crippen LogP contribution in [0.3, 0.4) is 0 Å². The van der Waals surface area contributed by atoms with Gasteiger partial charge in [0.15, 0.2) is 0 Å². The minimum Gasteiger partial charge on any atom is -0.490 e. The van der Waals surface area contributed by atoms with Gasteiger partial charge in [0.25, 0.3) is 5.69 Å². The van der Waals surface area contributed by atoms with Gasteiger partial charge in [-0.15, -0.1) is 0 Å². The lowest BCUT2D eigenvalue weighted by molar-refractivity contribution is -0.384. The molecule has 1 aromatic rings. The van der Waals surface area contributed by atoms with Crippen molar-refractivity contribution in [2.45, 2.75) is 6.42 Å². The third-order valence-corrected chi connectivity index (χ3v) is 2.71. The molecule has 0 unspecified atom stereocenters. The quantitative estimate of drug-likeness (QED) is 0.640. The molecule has 18 heavy (non-hydrogen) atoms. The zero-order valence-corrected chi connectivity index (χ0v) is 9.54. The van der Waals surface area contributed by atoms with Crippen LogP contribution in [0, 0.1) is 10.1 Å². The molecule has 1 aliphatic heterocycles. The lowest BCUT2D eigenvalue weighted by Crippen LogP contribution is -2.34. The van der Waals surface area contributed by atoms with Gasteiger partial charge >= 0.3 is 5.97 Å². The van der Waals surface area contributed by atoms with Gasteiger partial charge in [-0.25, -0.2) is 0 Å². The van der Waals surface area contributed by atoms with Gasteiger partial charge in [-0.05, 0) is 6.07 Å². The molecule has 1 aromatic carbocycles. The molecule has 0 spiro atoms. The lowest BCUT2D eigenvalue weighted by atomic mass is 10.2. The highest BCUT2D eigenvalue weighted by molar-refractivity contribution is 5.69. The number of carboxylic acid groups (broad SMARTS) is 1. The number of hydrogen-bond acceptors (Lipinski definition) is 5. The van der Waals surface area contributed by atoms with Crippen LogP contribution in [0.4, 0.5) is 11.4 Å². The highest BCUT2D eigenvalue weighted by Crippen LogP contribution is 2.34. The Morgan fingerprint density at radius 1 is 1.56 bits per heavy atom. The summed E-state index contributed by atoms with van der Waals surface area (Å²) in [6, 6.07) is 4.33. The number of benzene rings is 1. The van der Waals surface area contributed by atoms with E-state index in [1.807, 2.05) is 0 Å². The van der Waals surface area contributed by atoms with Crippen LogP contribution in [0.2, 0.25) is 0 Å². The largest absolute Gasteiger partial charge is 0.490 e. The average Bonchev–Trinajstić information content (AvgIpc) is 2.35. The number of carboxylic acids is 1. The van der Waals surface area contributed by atoms with E-state index in [2.05, 4.69) is 0 Å². The van der Waals surface area contributed by atoms with Gasteiger partial charge < -0.3 is 14.7 Å². The molecule has 0 aliphatic carbocycles. The van der Waals surface area contributed by atoms with Crippen molar-refractivity contribution in [2.75, 3.05) is 24.6 Å². The molecule has 2 rings (SSSR count). The van der Waals surface area contributed by atoms with Crippen molar-refractivity contribution < 1.29 is 19.6 Å². The Hall–Kier alpha value is -2.31. The molecule has 0 bridgehead atoms. The maximum Gasteiger partial charge on any atom is 0.305 e. The predicted molar refractivity (Wildman–Crippen MR) is 63.1 cm³/mol. The summed E-state index contributed by atoms with van der Waals surface area (Å²) in [6.07, 6.45) is -0.0118. The first-order valence-electron chi connectivity index (χ1n) is 5.46. The SMILES string of the molecule is O=C(O)CCN1CCOc2ccc([N+](=O)[O-])cc21. The maximum atomic E-state index is 10.7. The normalized spacial score (nSPS) is 13.7. The second-order valence-electron chi connectivity index (χ2n) is 3.89.